The average molecular weight is 248 g/mol. The lowest BCUT2D eigenvalue weighted by molar-refractivity contribution is -0.142. The number of carbonyl (C=O) groups excluding carboxylic acids is 1. The summed E-state index contributed by atoms with van der Waals surface area (Å²) in [5.74, 6) is 1.19. The predicted octanol–water partition coefficient (Wildman–Crippen LogP) is 2.04. The van der Waals surface area contributed by atoms with Crippen molar-refractivity contribution < 1.29 is 13.9 Å². The van der Waals surface area contributed by atoms with Gasteiger partial charge in [0, 0.05) is 19.4 Å². The Bertz CT molecular complexity index is 325. The highest BCUT2D eigenvalue weighted by atomic mass is 35.5. The number of esters is 1. The second-order valence-electron chi connectivity index (χ2n) is 3.52. The van der Waals surface area contributed by atoms with E-state index in [-0.39, 0.29) is 31.0 Å². The fraction of sp³-hybridized carbons (Fsp3) is 0.545. The van der Waals surface area contributed by atoms with Gasteiger partial charge < -0.3 is 14.9 Å². The van der Waals surface area contributed by atoms with E-state index in [4.69, 9.17) is 14.9 Å². The van der Waals surface area contributed by atoms with Gasteiger partial charge in [-0.3, -0.25) is 4.79 Å². The van der Waals surface area contributed by atoms with Crippen LogP contribution in [-0.2, 0) is 22.6 Å². The van der Waals surface area contributed by atoms with E-state index in [0.717, 1.165) is 18.6 Å². The number of halogens is 1. The summed E-state index contributed by atoms with van der Waals surface area (Å²) in [6.07, 6.45) is 1.64. The van der Waals surface area contributed by atoms with Crippen molar-refractivity contribution in [1.82, 2.24) is 0 Å². The fourth-order valence-corrected chi connectivity index (χ4v) is 1.19. The van der Waals surface area contributed by atoms with Gasteiger partial charge in [0.1, 0.15) is 18.1 Å². The van der Waals surface area contributed by atoms with Crippen molar-refractivity contribution in [3.05, 3.63) is 23.7 Å². The summed E-state index contributed by atoms with van der Waals surface area (Å²) in [6.45, 7) is 3.60. The molecule has 0 aromatic carbocycles. The first kappa shape index (κ1) is 15.0. The highest BCUT2D eigenvalue weighted by Crippen LogP contribution is 2.11. The molecule has 0 saturated heterocycles. The van der Waals surface area contributed by atoms with Crippen molar-refractivity contribution in [2.45, 2.75) is 39.3 Å². The van der Waals surface area contributed by atoms with Gasteiger partial charge in [0.2, 0.25) is 0 Å². The molecule has 1 unspecified atom stereocenters. The van der Waals surface area contributed by atoms with Crippen molar-refractivity contribution in [3.63, 3.8) is 0 Å². The lowest BCUT2D eigenvalue weighted by Gasteiger charge is -2.05. The fourth-order valence-electron chi connectivity index (χ4n) is 1.19. The topological polar surface area (TPSA) is 65.5 Å². The number of carbonyl (C=O) groups is 1. The summed E-state index contributed by atoms with van der Waals surface area (Å²) in [5, 5.41) is 0. The van der Waals surface area contributed by atoms with Gasteiger partial charge in [-0.1, -0.05) is 6.92 Å². The van der Waals surface area contributed by atoms with E-state index in [0.29, 0.717) is 5.76 Å². The number of furan rings is 1. The van der Waals surface area contributed by atoms with Crippen LogP contribution in [-0.4, -0.2) is 12.0 Å². The number of nitrogens with two attached hydrogens (primary N) is 1. The summed E-state index contributed by atoms with van der Waals surface area (Å²) >= 11 is 0. The van der Waals surface area contributed by atoms with E-state index in [9.17, 15) is 4.79 Å². The van der Waals surface area contributed by atoms with Crippen LogP contribution >= 0.6 is 12.4 Å². The first-order chi connectivity index (χ1) is 7.11. The standard InChI is InChI=1S/C11H17NO3.ClH/c1-3-9(12)6-10-4-5-11(15-10)7-14-8(2)13;/h4-5,9H,3,6-7,12H2,1-2H3;1H. The molecule has 0 spiro atoms. The van der Waals surface area contributed by atoms with E-state index < -0.39 is 0 Å². The molecule has 0 radical (unpaired) electrons. The van der Waals surface area contributed by atoms with Crippen LogP contribution in [0.15, 0.2) is 16.5 Å². The lowest BCUT2D eigenvalue weighted by atomic mass is 10.1. The molecule has 0 aliphatic carbocycles. The zero-order chi connectivity index (χ0) is 11.3. The zero-order valence-electron chi connectivity index (χ0n) is 9.56. The molecule has 1 rings (SSSR count). The van der Waals surface area contributed by atoms with Gasteiger partial charge in [-0.05, 0) is 18.6 Å². The highest BCUT2D eigenvalue weighted by Gasteiger charge is 2.07. The van der Waals surface area contributed by atoms with Gasteiger partial charge in [-0.15, -0.1) is 12.4 Å². The third kappa shape index (κ3) is 5.19. The molecule has 2 N–H and O–H groups in total. The molecule has 1 atom stereocenters. The van der Waals surface area contributed by atoms with E-state index in [1.165, 1.54) is 6.92 Å². The Labute approximate surface area is 102 Å². The molecule has 92 valence electrons. The average Bonchev–Trinajstić information content (AvgIpc) is 2.62. The van der Waals surface area contributed by atoms with Crippen LogP contribution in [0.25, 0.3) is 0 Å². The van der Waals surface area contributed by atoms with Crippen LogP contribution in [0.4, 0.5) is 0 Å². The maximum atomic E-state index is 10.6. The zero-order valence-corrected chi connectivity index (χ0v) is 10.4. The minimum Gasteiger partial charge on any atom is -0.462 e. The third-order valence-corrected chi connectivity index (χ3v) is 2.12. The summed E-state index contributed by atoms with van der Waals surface area (Å²) in [4.78, 5) is 10.6. The first-order valence-electron chi connectivity index (χ1n) is 5.08. The first-order valence-corrected chi connectivity index (χ1v) is 5.08. The second-order valence-corrected chi connectivity index (χ2v) is 3.52. The summed E-state index contributed by atoms with van der Waals surface area (Å²) in [5.41, 5.74) is 5.79. The smallest absolute Gasteiger partial charge is 0.303 e. The molecule has 4 nitrogen and oxygen atoms in total. The molecule has 0 amide bonds. The Hall–Kier alpha value is -1.00. The van der Waals surface area contributed by atoms with Crippen molar-refractivity contribution >= 4 is 18.4 Å². The van der Waals surface area contributed by atoms with Crippen LogP contribution in [0.2, 0.25) is 0 Å². The lowest BCUT2D eigenvalue weighted by Crippen LogP contribution is -2.20. The van der Waals surface area contributed by atoms with Crippen LogP contribution in [0.3, 0.4) is 0 Å². The monoisotopic (exact) mass is 247 g/mol. The van der Waals surface area contributed by atoms with Crippen LogP contribution in [0, 0.1) is 0 Å². The predicted molar refractivity (Wildman–Crippen MR) is 63.4 cm³/mol. The molecule has 0 aliphatic heterocycles. The van der Waals surface area contributed by atoms with Crippen LogP contribution in [0.1, 0.15) is 31.8 Å². The third-order valence-electron chi connectivity index (χ3n) is 2.12. The molecule has 1 heterocycles. The Morgan fingerprint density at radius 2 is 2.12 bits per heavy atom. The molecule has 1 aromatic rings. The molecular formula is C11H18ClNO3. The quantitative estimate of drug-likeness (QED) is 0.809. The van der Waals surface area contributed by atoms with Crippen molar-refractivity contribution in [3.8, 4) is 0 Å². The molecular weight excluding hydrogens is 230 g/mol. The van der Waals surface area contributed by atoms with E-state index >= 15 is 0 Å². The Morgan fingerprint density at radius 3 is 2.69 bits per heavy atom. The van der Waals surface area contributed by atoms with Crippen molar-refractivity contribution in [1.29, 1.82) is 0 Å². The molecule has 0 aliphatic rings. The van der Waals surface area contributed by atoms with E-state index in [2.05, 4.69) is 0 Å². The van der Waals surface area contributed by atoms with E-state index in [1.54, 1.807) is 6.07 Å². The van der Waals surface area contributed by atoms with E-state index in [1.807, 2.05) is 13.0 Å². The number of ether oxygens (including phenoxy) is 1. The second kappa shape index (κ2) is 7.30. The Balaban J connectivity index is 0.00000225. The van der Waals surface area contributed by atoms with Gasteiger partial charge in [-0.2, -0.15) is 0 Å². The van der Waals surface area contributed by atoms with Crippen LogP contribution < -0.4 is 5.73 Å². The molecule has 1 aromatic heterocycles. The highest BCUT2D eigenvalue weighted by molar-refractivity contribution is 5.85. The van der Waals surface area contributed by atoms with Gasteiger partial charge in [-0.25, -0.2) is 0 Å². The summed E-state index contributed by atoms with van der Waals surface area (Å²) < 4.78 is 10.3. The number of rotatable bonds is 5. The number of hydrogen-bond donors (Lipinski definition) is 1. The molecule has 0 fully saturated rings. The normalized spacial score (nSPS) is 11.7. The van der Waals surface area contributed by atoms with Crippen LogP contribution in [0.5, 0.6) is 0 Å². The summed E-state index contributed by atoms with van der Waals surface area (Å²) in [6, 6.07) is 3.80. The minimum absolute atomic E-state index is 0. The van der Waals surface area contributed by atoms with Gasteiger partial charge in [0.05, 0.1) is 0 Å². The molecule has 0 bridgehead atoms. The molecule has 5 heteroatoms. The van der Waals surface area contributed by atoms with Gasteiger partial charge >= 0.3 is 5.97 Å². The SMILES string of the molecule is CCC(N)Cc1ccc(COC(C)=O)o1.Cl. The number of hydrogen-bond acceptors (Lipinski definition) is 4. The van der Waals surface area contributed by atoms with Crippen molar-refractivity contribution in [2.75, 3.05) is 0 Å². The Kier molecular flexibility index (Phi) is 6.85. The largest absolute Gasteiger partial charge is 0.462 e. The Morgan fingerprint density at radius 1 is 1.50 bits per heavy atom. The van der Waals surface area contributed by atoms with Gasteiger partial charge in [0.15, 0.2) is 0 Å². The molecule has 16 heavy (non-hydrogen) atoms. The minimum atomic E-state index is -0.307. The maximum Gasteiger partial charge on any atom is 0.303 e. The maximum absolute atomic E-state index is 10.6. The van der Waals surface area contributed by atoms with Gasteiger partial charge in [0.25, 0.3) is 0 Å². The summed E-state index contributed by atoms with van der Waals surface area (Å²) in [7, 11) is 0. The molecule has 0 saturated carbocycles. The van der Waals surface area contributed by atoms with Crippen molar-refractivity contribution in [2.24, 2.45) is 5.73 Å².